The molecule has 2 heterocycles. The third kappa shape index (κ3) is 5.92. The van der Waals surface area contributed by atoms with E-state index in [1.807, 2.05) is 46.9 Å². The van der Waals surface area contributed by atoms with E-state index in [0.29, 0.717) is 27.3 Å². The Morgan fingerprint density at radius 2 is 1.91 bits per heavy atom. The minimum Gasteiger partial charge on any atom is -0.483 e. The second-order valence-corrected chi connectivity index (χ2v) is 10.1. The maximum absolute atomic E-state index is 12.6. The van der Waals surface area contributed by atoms with Gasteiger partial charge in [0, 0.05) is 16.9 Å². The first-order valence-corrected chi connectivity index (χ1v) is 12.8. The number of nitrogens with zero attached hydrogens (tertiary/aromatic N) is 3. The zero-order valence-corrected chi connectivity index (χ0v) is 22.3. The SMILES string of the molecule is CCc1cc(C(=O)OC)c(NC(=O)CSc2nnc(C(C)Oc3cc(C)c(Cl)c(C)c3)n2C)s1. The molecule has 1 unspecified atom stereocenters. The number of esters is 1. The largest absolute Gasteiger partial charge is 0.483 e. The maximum atomic E-state index is 12.6. The van der Waals surface area contributed by atoms with Crippen LogP contribution < -0.4 is 10.1 Å². The number of ether oxygens (including phenoxy) is 2. The van der Waals surface area contributed by atoms with Crippen LogP contribution in [0.25, 0.3) is 0 Å². The van der Waals surface area contributed by atoms with Gasteiger partial charge in [0.15, 0.2) is 17.1 Å². The number of aryl methyl sites for hydroxylation is 3. The minimum atomic E-state index is -0.475. The van der Waals surface area contributed by atoms with Crippen molar-refractivity contribution in [3.63, 3.8) is 0 Å². The van der Waals surface area contributed by atoms with Gasteiger partial charge in [0.1, 0.15) is 10.8 Å². The van der Waals surface area contributed by atoms with Gasteiger partial charge in [-0.3, -0.25) is 4.79 Å². The lowest BCUT2D eigenvalue weighted by Gasteiger charge is -2.16. The number of nitrogens with one attached hydrogen (secondary N) is 1. The summed E-state index contributed by atoms with van der Waals surface area (Å²) in [6.45, 7) is 7.74. The molecule has 0 aliphatic heterocycles. The highest BCUT2D eigenvalue weighted by Gasteiger charge is 2.21. The van der Waals surface area contributed by atoms with E-state index in [2.05, 4.69) is 15.5 Å². The number of hydrogen-bond acceptors (Lipinski definition) is 8. The first-order chi connectivity index (χ1) is 16.1. The number of carbonyl (C=O) groups is 2. The lowest BCUT2D eigenvalue weighted by molar-refractivity contribution is -0.113. The summed E-state index contributed by atoms with van der Waals surface area (Å²) in [5.74, 6) is 0.716. The first-order valence-electron chi connectivity index (χ1n) is 10.6. The van der Waals surface area contributed by atoms with Gasteiger partial charge < -0.3 is 19.4 Å². The molecule has 182 valence electrons. The van der Waals surface area contributed by atoms with E-state index < -0.39 is 5.97 Å². The van der Waals surface area contributed by atoms with E-state index >= 15 is 0 Å². The molecule has 0 saturated heterocycles. The van der Waals surface area contributed by atoms with Crippen molar-refractivity contribution in [2.24, 2.45) is 7.05 Å². The zero-order chi connectivity index (χ0) is 25.0. The van der Waals surface area contributed by atoms with Gasteiger partial charge in [-0.25, -0.2) is 4.79 Å². The molecule has 0 saturated carbocycles. The van der Waals surface area contributed by atoms with Gasteiger partial charge in [-0.15, -0.1) is 21.5 Å². The Morgan fingerprint density at radius 3 is 2.53 bits per heavy atom. The van der Waals surface area contributed by atoms with Gasteiger partial charge in [-0.2, -0.15) is 0 Å². The Hall–Kier alpha value is -2.56. The maximum Gasteiger partial charge on any atom is 0.340 e. The van der Waals surface area contributed by atoms with Crippen molar-refractivity contribution in [3.05, 3.63) is 50.6 Å². The molecule has 0 aliphatic carbocycles. The normalized spacial score (nSPS) is 11.9. The number of rotatable bonds is 9. The van der Waals surface area contributed by atoms with Crippen molar-refractivity contribution >= 4 is 51.6 Å². The summed E-state index contributed by atoms with van der Waals surface area (Å²) in [5, 5.41) is 13.1. The number of halogens is 1. The van der Waals surface area contributed by atoms with Crippen LogP contribution >= 0.6 is 34.7 Å². The summed E-state index contributed by atoms with van der Waals surface area (Å²) in [4.78, 5) is 25.6. The summed E-state index contributed by atoms with van der Waals surface area (Å²) in [5.41, 5.74) is 2.25. The van der Waals surface area contributed by atoms with Crippen molar-refractivity contribution in [2.45, 2.75) is 45.4 Å². The van der Waals surface area contributed by atoms with Crippen molar-refractivity contribution in [1.82, 2.24) is 14.8 Å². The predicted molar refractivity (Wildman–Crippen MR) is 135 cm³/mol. The zero-order valence-electron chi connectivity index (χ0n) is 19.9. The van der Waals surface area contributed by atoms with Gasteiger partial charge in [0.25, 0.3) is 0 Å². The third-order valence-electron chi connectivity index (χ3n) is 5.08. The van der Waals surface area contributed by atoms with E-state index in [4.69, 9.17) is 21.1 Å². The summed E-state index contributed by atoms with van der Waals surface area (Å²) in [7, 11) is 3.15. The van der Waals surface area contributed by atoms with E-state index in [1.54, 1.807) is 10.6 Å². The number of carbonyl (C=O) groups excluding carboxylic acids is 2. The summed E-state index contributed by atoms with van der Waals surface area (Å²) in [6, 6.07) is 5.53. The van der Waals surface area contributed by atoms with Crippen LogP contribution in [0, 0.1) is 13.8 Å². The van der Waals surface area contributed by atoms with E-state index in [0.717, 1.165) is 27.4 Å². The minimum absolute atomic E-state index is 0.108. The van der Waals surface area contributed by atoms with Crippen molar-refractivity contribution in [2.75, 3.05) is 18.2 Å². The second kappa shape index (κ2) is 11.2. The molecule has 0 aliphatic rings. The molecule has 1 atom stereocenters. The smallest absolute Gasteiger partial charge is 0.340 e. The molecule has 8 nitrogen and oxygen atoms in total. The molecule has 11 heteroatoms. The highest BCUT2D eigenvalue weighted by atomic mass is 35.5. The van der Waals surface area contributed by atoms with Gasteiger partial charge in [-0.05, 0) is 56.5 Å². The average molecular weight is 523 g/mol. The summed E-state index contributed by atoms with van der Waals surface area (Å²) < 4.78 is 12.7. The van der Waals surface area contributed by atoms with E-state index in [1.165, 1.54) is 30.2 Å². The highest BCUT2D eigenvalue weighted by Crippen LogP contribution is 2.31. The third-order valence-corrected chi connectivity index (χ3v) is 7.89. The lowest BCUT2D eigenvalue weighted by Crippen LogP contribution is -2.16. The highest BCUT2D eigenvalue weighted by molar-refractivity contribution is 7.99. The number of thiophene rings is 1. The monoisotopic (exact) mass is 522 g/mol. The van der Waals surface area contributed by atoms with Crippen molar-refractivity contribution in [3.8, 4) is 5.75 Å². The van der Waals surface area contributed by atoms with Crippen LogP contribution in [0.1, 0.15) is 52.1 Å². The number of benzene rings is 1. The Balaban J connectivity index is 1.64. The standard InChI is InChI=1S/C23H27ClN4O4S2/c1-7-16-10-17(22(30)31-6)21(34-16)25-18(29)11-33-23-27-26-20(28(23)5)14(4)32-15-8-12(2)19(24)13(3)9-15/h8-10,14H,7,11H2,1-6H3,(H,25,29). The molecule has 0 bridgehead atoms. The number of anilines is 1. The molecular weight excluding hydrogens is 496 g/mol. The van der Waals surface area contributed by atoms with Crippen molar-refractivity contribution < 1.29 is 19.1 Å². The summed E-state index contributed by atoms with van der Waals surface area (Å²) in [6.07, 6.45) is 0.401. The fourth-order valence-electron chi connectivity index (χ4n) is 3.30. The number of methoxy groups -OCH3 is 1. The van der Waals surface area contributed by atoms with Crippen LogP contribution in [0.4, 0.5) is 5.00 Å². The van der Waals surface area contributed by atoms with Gasteiger partial charge in [0.05, 0.1) is 18.4 Å². The Bertz CT molecular complexity index is 1180. The topological polar surface area (TPSA) is 95.3 Å². The van der Waals surface area contributed by atoms with E-state index in [9.17, 15) is 9.59 Å². The van der Waals surface area contributed by atoms with Crippen LogP contribution in [0.5, 0.6) is 5.75 Å². The molecule has 0 radical (unpaired) electrons. The van der Waals surface area contributed by atoms with Crippen LogP contribution in [-0.4, -0.2) is 39.5 Å². The number of hydrogen-bond donors (Lipinski definition) is 1. The average Bonchev–Trinajstić information content (AvgIpc) is 3.38. The van der Waals surface area contributed by atoms with Gasteiger partial charge >= 0.3 is 5.97 Å². The van der Waals surface area contributed by atoms with Gasteiger partial charge in [-0.1, -0.05) is 30.3 Å². The van der Waals surface area contributed by atoms with Crippen LogP contribution in [0.15, 0.2) is 23.4 Å². The number of thioether (sulfide) groups is 1. The first kappa shape index (κ1) is 26.1. The lowest BCUT2D eigenvalue weighted by atomic mass is 10.1. The molecule has 3 rings (SSSR count). The Morgan fingerprint density at radius 1 is 1.24 bits per heavy atom. The molecule has 3 aromatic rings. The summed E-state index contributed by atoms with van der Waals surface area (Å²) >= 11 is 8.86. The molecule has 34 heavy (non-hydrogen) atoms. The Kier molecular flexibility index (Phi) is 8.62. The van der Waals surface area contributed by atoms with Crippen LogP contribution in [0.2, 0.25) is 5.02 Å². The molecule has 1 aromatic carbocycles. The second-order valence-electron chi connectivity index (χ2n) is 7.67. The molecule has 1 amide bonds. The molecule has 1 N–H and O–H groups in total. The van der Waals surface area contributed by atoms with Gasteiger partial charge in [0.2, 0.25) is 5.91 Å². The fraction of sp³-hybridized carbons (Fsp3) is 0.391. The molecule has 0 fully saturated rings. The molecular formula is C23H27ClN4O4S2. The Labute approximate surface area is 212 Å². The predicted octanol–water partition coefficient (Wildman–Crippen LogP) is 5.37. The van der Waals surface area contributed by atoms with Crippen molar-refractivity contribution in [1.29, 1.82) is 0 Å². The molecule has 0 spiro atoms. The number of aromatic nitrogens is 3. The number of amides is 1. The molecule has 2 aromatic heterocycles. The van der Waals surface area contributed by atoms with E-state index in [-0.39, 0.29) is 17.8 Å². The quantitative estimate of drug-likeness (QED) is 0.298. The van der Waals surface area contributed by atoms with Crippen LogP contribution in [0.3, 0.4) is 0 Å². The van der Waals surface area contributed by atoms with Crippen LogP contribution in [-0.2, 0) is 23.0 Å². The fourth-order valence-corrected chi connectivity index (χ4v) is 5.13.